The highest BCUT2D eigenvalue weighted by atomic mass is 32.2. The molecular weight excluding hydrogens is 436 g/mol. The van der Waals surface area contributed by atoms with E-state index < -0.39 is 10.0 Å². The van der Waals surface area contributed by atoms with Crippen LogP contribution in [0.4, 0.5) is 5.82 Å². The lowest BCUT2D eigenvalue weighted by atomic mass is 9.97. The Morgan fingerprint density at radius 2 is 1.70 bits per heavy atom. The molecule has 1 aliphatic rings. The molecule has 33 heavy (non-hydrogen) atoms. The minimum absolute atomic E-state index is 0.0936. The van der Waals surface area contributed by atoms with Crippen LogP contribution in [0.2, 0.25) is 0 Å². The number of hydrogen-bond acceptors (Lipinski definition) is 4. The zero-order valence-electron chi connectivity index (χ0n) is 19.3. The van der Waals surface area contributed by atoms with Crippen molar-refractivity contribution in [1.29, 1.82) is 0 Å². The zero-order valence-corrected chi connectivity index (χ0v) is 20.1. The van der Waals surface area contributed by atoms with Gasteiger partial charge >= 0.3 is 0 Å². The molecule has 0 radical (unpaired) electrons. The van der Waals surface area contributed by atoms with E-state index in [1.54, 1.807) is 29.1 Å². The summed E-state index contributed by atoms with van der Waals surface area (Å²) in [5.41, 5.74) is 4.31. The first-order valence-corrected chi connectivity index (χ1v) is 12.6. The summed E-state index contributed by atoms with van der Waals surface area (Å²) in [6.07, 6.45) is 2.65. The summed E-state index contributed by atoms with van der Waals surface area (Å²) in [5.74, 6) is 0.313. The molecule has 8 heteroatoms. The SMILES string of the molecule is Cc1ccc(Cn2nccc2NC(=O)C2CCN(S(=O)(=O)c3ccc(C)c(C)c3)CC2)cc1. The van der Waals surface area contributed by atoms with E-state index >= 15 is 0 Å². The quantitative estimate of drug-likeness (QED) is 0.597. The monoisotopic (exact) mass is 466 g/mol. The number of aromatic nitrogens is 2. The van der Waals surface area contributed by atoms with E-state index in [0.717, 1.165) is 16.7 Å². The number of carbonyl (C=O) groups is 1. The molecule has 174 valence electrons. The molecule has 1 amide bonds. The molecule has 3 aromatic rings. The number of nitrogens with zero attached hydrogens (tertiary/aromatic N) is 3. The highest BCUT2D eigenvalue weighted by Crippen LogP contribution is 2.26. The van der Waals surface area contributed by atoms with Crippen LogP contribution in [-0.4, -0.2) is 41.5 Å². The van der Waals surface area contributed by atoms with Gasteiger partial charge in [0.05, 0.1) is 17.6 Å². The number of nitrogens with one attached hydrogen (secondary N) is 1. The van der Waals surface area contributed by atoms with Crippen LogP contribution in [0.3, 0.4) is 0 Å². The second-order valence-corrected chi connectivity index (χ2v) is 10.7. The normalized spacial score (nSPS) is 15.5. The lowest BCUT2D eigenvalue weighted by molar-refractivity contribution is -0.121. The molecule has 0 unspecified atom stereocenters. The lowest BCUT2D eigenvalue weighted by Crippen LogP contribution is -2.41. The van der Waals surface area contributed by atoms with E-state index in [4.69, 9.17) is 0 Å². The molecule has 0 aliphatic carbocycles. The Morgan fingerprint density at radius 1 is 1.00 bits per heavy atom. The molecule has 0 spiro atoms. The third kappa shape index (κ3) is 5.17. The van der Waals surface area contributed by atoms with Gasteiger partial charge in [-0.15, -0.1) is 0 Å². The van der Waals surface area contributed by atoms with Gasteiger partial charge in [-0.05, 0) is 62.4 Å². The van der Waals surface area contributed by atoms with Crippen LogP contribution >= 0.6 is 0 Å². The maximum Gasteiger partial charge on any atom is 0.243 e. The standard InChI is InChI=1S/C25H30N4O3S/c1-18-4-7-21(8-5-18)17-29-24(10-13-26-29)27-25(30)22-11-14-28(15-12-22)33(31,32)23-9-6-19(2)20(3)16-23/h4-10,13,16,22H,11-12,14-15,17H2,1-3H3,(H,27,30). The van der Waals surface area contributed by atoms with Crippen molar-refractivity contribution in [1.82, 2.24) is 14.1 Å². The van der Waals surface area contributed by atoms with E-state index in [-0.39, 0.29) is 11.8 Å². The van der Waals surface area contributed by atoms with Crippen molar-refractivity contribution in [2.75, 3.05) is 18.4 Å². The van der Waals surface area contributed by atoms with Gasteiger partial charge in [0.2, 0.25) is 15.9 Å². The van der Waals surface area contributed by atoms with Crippen molar-refractivity contribution in [3.63, 3.8) is 0 Å². The van der Waals surface area contributed by atoms with Crippen LogP contribution in [0.15, 0.2) is 59.6 Å². The van der Waals surface area contributed by atoms with Gasteiger partial charge in [-0.2, -0.15) is 9.40 Å². The van der Waals surface area contributed by atoms with Gasteiger partial charge in [0.15, 0.2) is 0 Å². The first-order valence-electron chi connectivity index (χ1n) is 11.2. The topological polar surface area (TPSA) is 84.3 Å². The highest BCUT2D eigenvalue weighted by molar-refractivity contribution is 7.89. The molecule has 1 aromatic heterocycles. The molecule has 0 saturated carbocycles. The highest BCUT2D eigenvalue weighted by Gasteiger charge is 2.32. The fourth-order valence-corrected chi connectivity index (χ4v) is 5.60. The lowest BCUT2D eigenvalue weighted by Gasteiger charge is -2.30. The fraction of sp³-hybridized carbons (Fsp3) is 0.360. The largest absolute Gasteiger partial charge is 0.311 e. The predicted molar refractivity (Wildman–Crippen MR) is 129 cm³/mol. The van der Waals surface area contributed by atoms with E-state index in [1.165, 1.54) is 9.87 Å². The number of sulfonamides is 1. The number of amides is 1. The third-order valence-corrected chi connectivity index (χ3v) is 8.26. The predicted octanol–water partition coefficient (Wildman–Crippen LogP) is 3.90. The Labute approximate surface area is 195 Å². The first kappa shape index (κ1) is 23.2. The number of piperidine rings is 1. The van der Waals surface area contributed by atoms with Crippen LogP contribution in [-0.2, 0) is 21.4 Å². The van der Waals surface area contributed by atoms with Crippen molar-refractivity contribution in [3.05, 3.63) is 77.0 Å². The van der Waals surface area contributed by atoms with Crippen molar-refractivity contribution in [2.45, 2.75) is 45.1 Å². The maximum atomic E-state index is 13.0. The van der Waals surface area contributed by atoms with Gasteiger partial charge in [0, 0.05) is 25.1 Å². The number of anilines is 1. The van der Waals surface area contributed by atoms with Crippen molar-refractivity contribution >= 4 is 21.7 Å². The molecule has 1 N–H and O–H groups in total. The fourth-order valence-electron chi connectivity index (χ4n) is 4.04. The summed E-state index contributed by atoms with van der Waals surface area (Å²) in [4.78, 5) is 13.2. The molecule has 2 aromatic carbocycles. The van der Waals surface area contributed by atoms with E-state index in [2.05, 4.69) is 22.5 Å². The molecule has 4 rings (SSSR count). The number of benzene rings is 2. The van der Waals surface area contributed by atoms with Gasteiger partial charge < -0.3 is 5.32 Å². The Hall–Kier alpha value is -2.97. The number of hydrogen-bond donors (Lipinski definition) is 1. The smallest absolute Gasteiger partial charge is 0.243 e. The van der Waals surface area contributed by atoms with Gasteiger partial charge in [-0.3, -0.25) is 4.79 Å². The van der Waals surface area contributed by atoms with Crippen molar-refractivity contribution < 1.29 is 13.2 Å². The Kier molecular flexibility index (Phi) is 6.67. The molecule has 0 atom stereocenters. The van der Waals surface area contributed by atoms with Crippen LogP contribution < -0.4 is 5.32 Å². The Morgan fingerprint density at radius 3 is 2.36 bits per heavy atom. The van der Waals surface area contributed by atoms with Gasteiger partial charge in [-0.25, -0.2) is 13.1 Å². The average Bonchev–Trinajstić information content (AvgIpc) is 3.23. The van der Waals surface area contributed by atoms with Crippen molar-refractivity contribution in [3.8, 4) is 0 Å². The zero-order chi connectivity index (χ0) is 23.6. The van der Waals surface area contributed by atoms with Gasteiger partial charge in [0.1, 0.15) is 5.82 Å². The summed E-state index contributed by atoms with van der Waals surface area (Å²) in [6.45, 7) is 7.14. The molecule has 2 heterocycles. The van der Waals surface area contributed by atoms with Crippen LogP contribution in [0, 0.1) is 26.7 Å². The maximum absolute atomic E-state index is 13.0. The van der Waals surface area contributed by atoms with E-state index in [0.29, 0.717) is 43.2 Å². The third-order valence-electron chi connectivity index (χ3n) is 6.36. The minimum Gasteiger partial charge on any atom is -0.311 e. The molecule has 1 aliphatic heterocycles. The minimum atomic E-state index is -3.56. The Balaban J connectivity index is 1.37. The summed E-state index contributed by atoms with van der Waals surface area (Å²) in [6, 6.07) is 15.2. The summed E-state index contributed by atoms with van der Waals surface area (Å²) in [5, 5.41) is 7.32. The number of carbonyl (C=O) groups excluding carboxylic acids is 1. The molecule has 0 bridgehead atoms. The second kappa shape index (κ2) is 9.49. The summed E-state index contributed by atoms with van der Waals surface area (Å²) in [7, 11) is -3.56. The first-order chi connectivity index (χ1) is 15.7. The number of aryl methyl sites for hydroxylation is 3. The molecule has 7 nitrogen and oxygen atoms in total. The van der Waals surface area contributed by atoms with Gasteiger partial charge in [0.25, 0.3) is 0 Å². The second-order valence-electron chi connectivity index (χ2n) is 8.77. The van der Waals surface area contributed by atoms with Crippen LogP contribution in [0.25, 0.3) is 0 Å². The average molecular weight is 467 g/mol. The molecular formula is C25H30N4O3S. The van der Waals surface area contributed by atoms with Crippen LogP contribution in [0.5, 0.6) is 0 Å². The summed E-state index contributed by atoms with van der Waals surface area (Å²) >= 11 is 0. The summed E-state index contributed by atoms with van der Waals surface area (Å²) < 4.78 is 29.3. The van der Waals surface area contributed by atoms with Gasteiger partial charge in [-0.1, -0.05) is 35.9 Å². The van der Waals surface area contributed by atoms with Crippen LogP contribution in [0.1, 0.15) is 35.1 Å². The molecule has 1 saturated heterocycles. The number of rotatable bonds is 6. The Bertz CT molecular complexity index is 1240. The van der Waals surface area contributed by atoms with E-state index in [1.807, 2.05) is 39.0 Å². The van der Waals surface area contributed by atoms with Crippen molar-refractivity contribution in [2.24, 2.45) is 5.92 Å². The van der Waals surface area contributed by atoms with E-state index in [9.17, 15) is 13.2 Å². The molecule has 1 fully saturated rings.